The van der Waals surface area contributed by atoms with Gasteiger partial charge in [0.15, 0.2) is 0 Å². The van der Waals surface area contributed by atoms with Gasteiger partial charge in [-0.05, 0) is 79.6 Å². The molecule has 4 aromatic rings. The van der Waals surface area contributed by atoms with E-state index in [1.54, 1.807) is 65.6 Å². The Morgan fingerprint density at radius 1 is 0.900 bits per heavy atom. The maximum Gasteiger partial charge on any atom is 0.254 e. The van der Waals surface area contributed by atoms with Crippen molar-refractivity contribution in [3.8, 4) is 29.8 Å². The Kier molecular flexibility index (Phi) is 7.09. The van der Waals surface area contributed by atoms with Gasteiger partial charge in [0.05, 0.1) is 52.7 Å². The van der Waals surface area contributed by atoms with Crippen molar-refractivity contribution in [1.82, 2.24) is 14.9 Å². The van der Waals surface area contributed by atoms with E-state index in [1.165, 1.54) is 0 Å². The summed E-state index contributed by atoms with van der Waals surface area (Å²) < 4.78 is 6.40. The Bertz CT molecular complexity index is 1740. The van der Waals surface area contributed by atoms with Gasteiger partial charge in [0.2, 0.25) is 11.8 Å². The average molecular weight is 526 g/mol. The van der Waals surface area contributed by atoms with Gasteiger partial charge >= 0.3 is 0 Å². The quantitative estimate of drug-likeness (QED) is 0.363. The van der Waals surface area contributed by atoms with Crippen molar-refractivity contribution in [2.75, 3.05) is 11.9 Å². The van der Waals surface area contributed by atoms with Gasteiger partial charge in [0.25, 0.3) is 5.91 Å². The number of carbonyl (C=O) groups is 1. The third-order valence-electron chi connectivity index (χ3n) is 6.61. The lowest BCUT2D eigenvalue weighted by molar-refractivity contribution is 0.0732. The first-order valence-electron chi connectivity index (χ1n) is 12.5. The van der Waals surface area contributed by atoms with Crippen LogP contribution in [0.15, 0.2) is 60.7 Å². The molecule has 40 heavy (non-hydrogen) atoms. The number of rotatable bonds is 5. The monoisotopic (exact) mass is 525 g/mol. The number of benzene rings is 3. The fourth-order valence-corrected chi connectivity index (χ4v) is 4.63. The van der Waals surface area contributed by atoms with Gasteiger partial charge in [0, 0.05) is 24.2 Å². The predicted octanol–water partition coefficient (Wildman–Crippen LogP) is 5.44. The molecule has 0 bridgehead atoms. The van der Waals surface area contributed by atoms with E-state index in [1.807, 2.05) is 13.8 Å². The van der Waals surface area contributed by atoms with Crippen molar-refractivity contribution in [2.24, 2.45) is 0 Å². The molecule has 0 atom stereocenters. The Hall–Kier alpha value is -5.72. The molecule has 0 unspecified atom stereocenters. The van der Waals surface area contributed by atoms with E-state index in [0.29, 0.717) is 64.0 Å². The van der Waals surface area contributed by atoms with Crippen LogP contribution in [0.1, 0.15) is 49.4 Å². The Labute approximate surface area is 231 Å². The zero-order chi connectivity index (χ0) is 28.2. The zero-order valence-corrected chi connectivity index (χ0v) is 21.9. The van der Waals surface area contributed by atoms with Crippen LogP contribution in [0.3, 0.4) is 0 Å². The summed E-state index contributed by atoms with van der Waals surface area (Å²) in [4.78, 5) is 24.5. The van der Waals surface area contributed by atoms with Crippen molar-refractivity contribution in [3.63, 3.8) is 0 Å². The molecule has 1 aliphatic heterocycles. The van der Waals surface area contributed by atoms with Crippen LogP contribution in [0.4, 0.5) is 11.6 Å². The summed E-state index contributed by atoms with van der Waals surface area (Å²) >= 11 is 0. The first-order chi connectivity index (χ1) is 19.4. The van der Waals surface area contributed by atoms with E-state index in [4.69, 9.17) is 15.0 Å². The summed E-state index contributed by atoms with van der Waals surface area (Å²) in [5.41, 5.74) is 5.63. The lowest BCUT2D eigenvalue weighted by atomic mass is 10.0. The summed E-state index contributed by atoms with van der Waals surface area (Å²) in [6.45, 7) is 4.39. The summed E-state index contributed by atoms with van der Waals surface area (Å²) in [6.07, 6.45) is 0.477. The van der Waals surface area contributed by atoms with Crippen molar-refractivity contribution >= 4 is 17.5 Å². The molecule has 5 rings (SSSR count). The molecule has 0 saturated heterocycles. The van der Waals surface area contributed by atoms with Crippen LogP contribution in [0.25, 0.3) is 0 Å². The topological polar surface area (TPSA) is 139 Å². The molecule has 0 saturated carbocycles. The highest BCUT2D eigenvalue weighted by Crippen LogP contribution is 2.35. The average Bonchev–Trinajstić information content (AvgIpc) is 2.98. The minimum atomic E-state index is -0.195. The SMILES string of the molecule is Cc1cc(C#N)cc(C)c1Oc1nc(Nc2ccc(C#N)cc2)nc2c1CN(C(=O)c1cccc(C#N)c1)CC2. The Morgan fingerprint density at radius 3 is 2.27 bits per heavy atom. The van der Waals surface area contributed by atoms with Crippen molar-refractivity contribution in [3.05, 3.63) is 105 Å². The normalized spacial score (nSPS) is 11.9. The number of carbonyl (C=O) groups excluding carboxylic acids is 1. The molecule has 2 heterocycles. The molecular formula is C31H23N7O2. The maximum atomic E-state index is 13.4. The number of fused-ring (bicyclic) bond motifs is 1. The molecule has 3 aromatic carbocycles. The summed E-state index contributed by atoms with van der Waals surface area (Å²) in [6, 6.07) is 23.4. The van der Waals surface area contributed by atoms with E-state index in [9.17, 15) is 15.3 Å². The molecule has 1 amide bonds. The molecule has 9 heteroatoms. The number of aryl methyl sites for hydroxylation is 2. The molecule has 0 spiro atoms. The molecule has 1 aromatic heterocycles. The molecule has 194 valence electrons. The predicted molar refractivity (Wildman–Crippen MR) is 147 cm³/mol. The minimum absolute atomic E-state index is 0.195. The van der Waals surface area contributed by atoms with E-state index < -0.39 is 0 Å². The number of nitrogens with one attached hydrogen (secondary N) is 1. The third kappa shape index (κ3) is 5.29. The molecule has 1 N–H and O–H groups in total. The van der Waals surface area contributed by atoms with Gasteiger partial charge < -0.3 is 15.0 Å². The fraction of sp³-hybridized carbons (Fsp3) is 0.161. The number of nitriles is 3. The van der Waals surface area contributed by atoms with E-state index in [2.05, 4.69) is 28.5 Å². The fourth-order valence-electron chi connectivity index (χ4n) is 4.63. The van der Waals surface area contributed by atoms with E-state index in [-0.39, 0.29) is 12.5 Å². The highest BCUT2D eigenvalue weighted by molar-refractivity contribution is 5.94. The number of hydrogen-bond donors (Lipinski definition) is 1. The van der Waals surface area contributed by atoms with Crippen LogP contribution in [0.5, 0.6) is 11.6 Å². The highest BCUT2D eigenvalue weighted by atomic mass is 16.5. The first kappa shape index (κ1) is 25.9. The second-order valence-corrected chi connectivity index (χ2v) is 9.41. The van der Waals surface area contributed by atoms with E-state index >= 15 is 0 Å². The summed E-state index contributed by atoms with van der Waals surface area (Å²) in [7, 11) is 0. The third-order valence-corrected chi connectivity index (χ3v) is 6.61. The molecule has 0 fully saturated rings. The summed E-state index contributed by atoms with van der Waals surface area (Å²) in [5, 5.41) is 30.9. The molecular weight excluding hydrogens is 502 g/mol. The standard InChI is InChI=1S/C31H23N7O2/c1-19-12-23(17-34)13-20(2)28(19)40-29-26-18-38(30(39)24-5-3-4-22(14-24)16-33)11-10-27(26)36-31(37-29)35-25-8-6-21(15-32)7-9-25/h3-9,12-14H,10-11,18H2,1-2H3,(H,35,36,37). The zero-order valence-electron chi connectivity index (χ0n) is 21.9. The first-order valence-corrected chi connectivity index (χ1v) is 12.5. The Morgan fingerprint density at radius 2 is 1.60 bits per heavy atom. The second-order valence-electron chi connectivity index (χ2n) is 9.41. The molecule has 0 radical (unpaired) electrons. The number of amides is 1. The van der Waals surface area contributed by atoms with Crippen LogP contribution in [-0.4, -0.2) is 27.3 Å². The van der Waals surface area contributed by atoms with Gasteiger partial charge in [-0.2, -0.15) is 20.8 Å². The number of ether oxygens (including phenoxy) is 1. The maximum absolute atomic E-state index is 13.4. The number of aromatic nitrogens is 2. The van der Waals surface area contributed by atoms with Crippen molar-refractivity contribution in [2.45, 2.75) is 26.8 Å². The van der Waals surface area contributed by atoms with Crippen LogP contribution < -0.4 is 10.1 Å². The van der Waals surface area contributed by atoms with Crippen molar-refractivity contribution < 1.29 is 9.53 Å². The second kappa shape index (κ2) is 10.9. The smallest absolute Gasteiger partial charge is 0.254 e. The molecule has 0 aliphatic carbocycles. The van der Waals surface area contributed by atoms with Gasteiger partial charge in [0.1, 0.15) is 5.75 Å². The summed E-state index contributed by atoms with van der Waals surface area (Å²) in [5.74, 6) is 1.01. The minimum Gasteiger partial charge on any atom is -0.438 e. The largest absolute Gasteiger partial charge is 0.438 e. The number of nitrogens with zero attached hydrogens (tertiary/aromatic N) is 6. The van der Waals surface area contributed by atoms with Crippen LogP contribution >= 0.6 is 0 Å². The lowest BCUT2D eigenvalue weighted by Crippen LogP contribution is -2.36. The number of anilines is 2. The molecule has 9 nitrogen and oxygen atoms in total. The van der Waals surface area contributed by atoms with Gasteiger partial charge in [-0.3, -0.25) is 4.79 Å². The highest BCUT2D eigenvalue weighted by Gasteiger charge is 2.28. The van der Waals surface area contributed by atoms with Crippen LogP contribution in [0, 0.1) is 47.8 Å². The van der Waals surface area contributed by atoms with Gasteiger partial charge in [-0.25, -0.2) is 4.98 Å². The van der Waals surface area contributed by atoms with Gasteiger partial charge in [-0.1, -0.05) is 6.07 Å². The lowest BCUT2D eigenvalue weighted by Gasteiger charge is -2.29. The molecule has 1 aliphatic rings. The van der Waals surface area contributed by atoms with Crippen molar-refractivity contribution in [1.29, 1.82) is 15.8 Å². The van der Waals surface area contributed by atoms with E-state index in [0.717, 1.165) is 16.8 Å². The van der Waals surface area contributed by atoms with Crippen LogP contribution in [0.2, 0.25) is 0 Å². The van der Waals surface area contributed by atoms with Gasteiger partial charge in [-0.15, -0.1) is 0 Å². The Balaban J connectivity index is 1.53. The number of hydrogen-bond acceptors (Lipinski definition) is 8. The van der Waals surface area contributed by atoms with Crippen LogP contribution in [-0.2, 0) is 13.0 Å².